The predicted molar refractivity (Wildman–Crippen MR) is 75.1 cm³/mol. The molecule has 10 heteroatoms. The number of carboxylic acid groups (broad SMARTS) is 1. The minimum atomic E-state index is -1.14. The molecule has 4 atom stereocenters. The molecule has 0 aromatic carbocycles. The summed E-state index contributed by atoms with van der Waals surface area (Å²) in [5.74, 6) is -1.76. The number of nitrogen functional groups attached to an aromatic ring is 1. The van der Waals surface area contributed by atoms with Gasteiger partial charge in [0.15, 0.2) is 29.6 Å². The van der Waals surface area contributed by atoms with E-state index >= 15 is 0 Å². The zero-order valence-electron chi connectivity index (χ0n) is 12.4. The standard InChI is InChI=1S/C13H15N5O5/c1-13(2)22-6-7(23-13)11(21-8(6)12(19)20)18-4-17-5-9(14)15-3-16-10(5)18/h3-4,6-8,11H,1-2H3,(H,19,20)(H2,14,15,16)/t6-,7-,8+,11-/m0/s1. The minimum Gasteiger partial charge on any atom is -0.479 e. The molecule has 0 saturated carbocycles. The minimum absolute atomic E-state index is 0.238. The first-order chi connectivity index (χ1) is 10.9. The highest BCUT2D eigenvalue weighted by molar-refractivity contribution is 5.81. The molecule has 2 fully saturated rings. The fourth-order valence-corrected chi connectivity index (χ4v) is 3.06. The van der Waals surface area contributed by atoms with Gasteiger partial charge in [-0.2, -0.15) is 0 Å². The molecule has 4 rings (SSSR count). The van der Waals surface area contributed by atoms with E-state index in [2.05, 4.69) is 15.0 Å². The average molecular weight is 321 g/mol. The van der Waals surface area contributed by atoms with Crippen LogP contribution in [0.1, 0.15) is 20.1 Å². The lowest BCUT2D eigenvalue weighted by Gasteiger charge is -2.23. The second-order valence-corrected chi connectivity index (χ2v) is 5.93. The van der Waals surface area contributed by atoms with Gasteiger partial charge in [-0.05, 0) is 13.8 Å². The van der Waals surface area contributed by atoms with Crippen molar-refractivity contribution in [3.8, 4) is 0 Å². The molecule has 0 unspecified atom stereocenters. The largest absolute Gasteiger partial charge is 0.479 e. The lowest BCUT2D eigenvalue weighted by Crippen LogP contribution is -2.35. The lowest BCUT2D eigenvalue weighted by molar-refractivity contribution is -0.202. The summed E-state index contributed by atoms with van der Waals surface area (Å²) in [5.41, 5.74) is 6.64. The number of hydrogen-bond donors (Lipinski definition) is 2. The van der Waals surface area contributed by atoms with E-state index in [4.69, 9.17) is 19.9 Å². The van der Waals surface area contributed by atoms with E-state index in [0.29, 0.717) is 11.2 Å². The average Bonchev–Trinajstić information content (AvgIpc) is 3.09. The molecular weight excluding hydrogens is 306 g/mol. The first kappa shape index (κ1) is 14.3. The lowest BCUT2D eigenvalue weighted by atomic mass is 10.1. The molecule has 0 bridgehead atoms. The number of hydrogen-bond acceptors (Lipinski definition) is 8. The summed E-state index contributed by atoms with van der Waals surface area (Å²) >= 11 is 0. The Kier molecular flexibility index (Phi) is 2.86. The Bertz CT molecular complexity index is 790. The van der Waals surface area contributed by atoms with Crippen LogP contribution in [0.25, 0.3) is 11.2 Å². The number of aromatic nitrogens is 4. The molecule has 0 spiro atoms. The van der Waals surface area contributed by atoms with Gasteiger partial charge in [0.1, 0.15) is 24.1 Å². The van der Waals surface area contributed by atoms with Crippen LogP contribution >= 0.6 is 0 Å². The zero-order valence-corrected chi connectivity index (χ0v) is 12.4. The number of anilines is 1. The molecule has 23 heavy (non-hydrogen) atoms. The Hall–Kier alpha value is -2.30. The third kappa shape index (κ3) is 2.06. The smallest absolute Gasteiger partial charge is 0.335 e. The van der Waals surface area contributed by atoms with Crippen molar-refractivity contribution in [2.75, 3.05) is 5.73 Å². The van der Waals surface area contributed by atoms with Crippen LogP contribution in [-0.2, 0) is 19.0 Å². The highest BCUT2D eigenvalue weighted by Gasteiger charge is 2.58. The number of fused-ring (bicyclic) bond motifs is 2. The van der Waals surface area contributed by atoms with Crippen LogP contribution in [0.4, 0.5) is 5.82 Å². The van der Waals surface area contributed by atoms with Gasteiger partial charge < -0.3 is 25.1 Å². The summed E-state index contributed by atoms with van der Waals surface area (Å²) in [7, 11) is 0. The van der Waals surface area contributed by atoms with Gasteiger partial charge in [-0.15, -0.1) is 0 Å². The molecule has 2 aromatic rings. The molecule has 3 N–H and O–H groups in total. The van der Waals surface area contributed by atoms with Crippen molar-refractivity contribution in [1.29, 1.82) is 0 Å². The van der Waals surface area contributed by atoms with Crippen molar-refractivity contribution in [2.24, 2.45) is 0 Å². The van der Waals surface area contributed by atoms with E-state index in [1.54, 1.807) is 18.4 Å². The molecule has 2 aliphatic heterocycles. The molecule has 2 saturated heterocycles. The molecule has 4 heterocycles. The number of rotatable bonds is 2. The Morgan fingerprint density at radius 1 is 1.30 bits per heavy atom. The topological polar surface area (TPSA) is 135 Å². The highest BCUT2D eigenvalue weighted by atomic mass is 16.8. The van der Waals surface area contributed by atoms with E-state index in [9.17, 15) is 9.90 Å². The number of imidazole rings is 1. The first-order valence-corrected chi connectivity index (χ1v) is 7.04. The van der Waals surface area contributed by atoms with Gasteiger partial charge in [0.25, 0.3) is 0 Å². The van der Waals surface area contributed by atoms with Crippen molar-refractivity contribution < 1.29 is 24.1 Å². The van der Waals surface area contributed by atoms with Crippen LogP contribution in [0, 0.1) is 0 Å². The number of nitrogens with two attached hydrogens (primary N) is 1. The summed E-state index contributed by atoms with van der Waals surface area (Å²) in [6.07, 6.45) is -0.391. The second kappa shape index (κ2) is 4.60. The molecule has 122 valence electrons. The van der Waals surface area contributed by atoms with Crippen molar-refractivity contribution >= 4 is 23.0 Å². The quantitative estimate of drug-likeness (QED) is 0.777. The van der Waals surface area contributed by atoms with Gasteiger partial charge in [-0.25, -0.2) is 19.7 Å². The van der Waals surface area contributed by atoms with Crippen LogP contribution in [0.2, 0.25) is 0 Å². The summed E-state index contributed by atoms with van der Waals surface area (Å²) in [4.78, 5) is 23.7. The van der Waals surface area contributed by atoms with Crippen molar-refractivity contribution in [1.82, 2.24) is 19.5 Å². The van der Waals surface area contributed by atoms with Crippen LogP contribution < -0.4 is 5.73 Å². The van der Waals surface area contributed by atoms with Crippen LogP contribution in [0.5, 0.6) is 0 Å². The second-order valence-electron chi connectivity index (χ2n) is 5.93. The van der Waals surface area contributed by atoms with Gasteiger partial charge in [0.2, 0.25) is 0 Å². The summed E-state index contributed by atoms with van der Waals surface area (Å²) in [5, 5.41) is 9.37. The molecule has 0 amide bonds. The predicted octanol–water partition coefficient (Wildman–Crippen LogP) is -0.0894. The first-order valence-electron chi connectivity index (χ1n) is 7.04. The maximum Gasteiger partial charge on any atom is 0.335 e. The van der Waals surface area contributed by atoms with Crippen molar-refractivity contribution in [3.05, 3.63) is 12.7 Å². The summed E-state index contributed by atoms with van der Waals surface area (Å²) in [6.45, 7) is 3.46. The molecule has 2 aromatic heterocycles. The molecule has 10 nitrogen and oxygen atoms in total. The maximum atomic E-state index is 11.5. The third-order valence-electron chi connectivity index (χ3n) is 3.93. The molecule has 0 aliphatic carbocycles. The maximum absolute atomic E-state index is 11.5. The molecular formula is C13H15N5O5. The van der Waals surface area contributed by atoms with Crippen LogP contribution in [0.15, 0.2) is 12.7 Å². The Morgan fingerprint density at radius 2 is 2.04 bits per heavy atom. The van der Waals surface area contributed by atoms with Crippen molar-refractivity contribution in [2.45, 2.75) is 44.2 Å². The Balaban J connectivity index is 1.78. The fourth-order valence-electron chi connectivity index (χ4n) is 3.06. The molecule has 0 radical (unpaired) electrons. The summed E-state index contributed by atoms with van der Waals surface area (Å²) < 4.78 is 18.8. The number of ether oxygens (including phenoxy) is 3. The van der Waals surface area contributed by atoms with Crippen molar-refractivity contribution in [3.63, 3.8) is 0 Å². The van der Waals surface area contributed by atoms with Gasteiger partial charge in [-0.3, -0.25) is 4.57 Å². The number of carboxylic acids is 1. The number of carbonyl (C=O) groups is 1. The zero-order chi connectivity index (χ0) is 16.4. The third-order valence-corrected chi connectivity index (χ3v) is 3.93. The highest BCUT2D eigenvalue weighted by Crippen LogP contribution is 2.43. The fraction of sp³-hybridized carbons (Fsp3) is 0.538. The molecule has 2 aliphatic rings. The van der Waals surface area contributed by atoms with Crippen LogP contribution in [0.3, 0.4) is 0 Å². The number of nitrogens with zero attached hydrogens (tertiary/aromatic N) is 4. The van der Waals surface area contributed by atoms with Gasteiger partial charge >= 0.3 is 5.97 Å². The summed E-state index contributed by atoms with van der Waals surface area (Å²) in [6, 6.07) is 0. The Labute approximate surface area is 130 Å². The van der Waals surface area contributed by atoms with E-state index < -0.39 is 36.3 Å². The normalized spacial score (nSPS) is 32.3. The van der Waals surface area contributed by atoms with E-state index in [1.807, 2.05) is 0 Å². The van der Waals surface area contributed by atoms with E-state index in [0.717, 1.165) is 0 Å². The van der Waals surface area contributed by atoms with Gasteiger partial charge in [-0.1, -0.05) is 0 Å². The number of aliphatic carboxylic acids is 1. The van der Waals surface area contributed by atoms with E-state index in [1.165, 1.54) is 12.7 Å². The Morgan fingerprint density at radius 3 is 2.78 bits per heavy atom. The van der Waals surface area contributed by atoms with Crippen LogP contribution in [-0.4, -0.2) is 54.7 Å². The SMILES string of the molecule is CC1(C)O[C@H]2[C@H](O1)[C@@H](n1cnc3c(N)ncnc31)O[C@H]2C(=O)O. The van der Waals surface area contributed by atoms with Gasteiger partial charge in [0, 0.05) is 0 Å². The monoisotopic (exact) mass is 321 g/mol. The van der Waals surface area contributed by atoms with Gasteiger partial charge in [0.05, 0.1) is 6.33 Å². The van der Waals surface area contributed by atoms with E-state index in [-0.39, 0.29) is 5.82 Å².